The SMILES string of the molecule is Cc1ccc2c(N)c3c(nc2c1)CCCC3. The molecule has 0 radical (unpaired) electrons. The summed E-state index contributed by atoms with van der Waals surface area (Å²) < 4.78 is 0. The third-order valence-electron chi connectivity index (χ3n) is 3.46. The number of rotatable bonds is 0. The van der Waals surface area contributed by atoms with E-state index in [9.17, 15) is 0 Å². The van der Waals surface area contributed by atoms with Crippen molar-refractivity contribution in [3.8, 4) is 0 Å². The summed E-state index contributed by atoms with van der Waals surface area (Å²) in [4.78, 5) is 4.76. The van der Waals surface area contributed by atoms with E-state index in [-0.39, 0.29) is 0 Å². The summed E-state index contributed by atoms with van der Waals surface area (Å²) in [5.74, 6) is 0. The largest absolute Gasteiger partial charge is 0.398 e. The maximum atomic E-state index is 6.25. The van der Waals surface area contributed by atoms with E-state index in [1.165, 1.54) is 29.7 Å². The first-order chi connectivity index (χ1) is 7.75. The molecule has 0 unspecified atom stereocenters. The van der Waals surface area contributed by atoms with Crippen molar-refractivity contribution in [3.63, 3.8) is 0 Å². The van der Waals surface area contributed by atoms with Crippen molar-refractivity contribution in [3.05, 3.63) is 35.0 Å². The van der Waals surface area contributed by atoms with Crippen LogP contribution in [0.1, 0.15) is 29.7 Å². The van der Waals surface area contributed by atoms with E-state index in [0.29, 0.717) is 0 Å². The summed E-state index contributed by atoms with van der Waals surface area (Å²) in [6, 6.07) is 6.33. The molecular weight excluding hydrogens is 196 g/mol. The van der Waals surface area contributed by atoms with Gasteiger partial charge in [0.05, 0.1) is 5.52 Å². The van der Waals surface area contributed by atoms with Crippen LogP contribution >= 0.6 is 0 Å². The van der Waals surface area contributed by atoms with Crippen LogP contribution in [0.4, 0.5) is 5.69 Å². The van der Waals surface area contributed by atoms with Crippen LogP contribution < -0.4 is 5.73 Å². The van der Waals surface area contributed by atoms with E-state index in [1.807, 2.05) is 0 Å². The number of nitrogens with two attached hydrogens (primary N) is 1. The predicted octanol–water partition coefficient (Wildman–Crippen LogP) is 3.00. The second kappa shape index (κ2) is 3.48. The van der Waals surface area contributed by atoms with E-state index < -0.39 is 0 Å². The molecule has 3 rings (SSSR count). The van der Waals surface area contributed by atoms with Gasteiger partial charge in [0, 0.05) is 16.8 Å². The van der Waals surface area contributed by atoms with E-state index in [4.69, 9.17) is 10.7 Å². The fraction of sp³-hybridized carbons (Fsp3) is 0.357. The van der Waals surface area contributed by atoms with Gasteiger partial charge in [-0.05, 0) is 49.8 Å². The molecule has 1 aliphatic carbocycles. The summed E-state index contributed by atoms with van der Waals surface area (Å²) in [5.41, 5.74) is 12.0. The summed E-state index contributed by atoms with van der Waals surface area (Å²) in [6.07, 6.45) is 4.68. The molecule has 0 amide bonds. The molecule has 0 fully saturated rings. The number of nitrogens with zero attached hydrogens (tertiary/aromatic N) is 1. The molecule has 2 heteroatoms. The Kier molecular flexibility index (Phi) is 2.10. The number of fused-ring (bicyclic) bond motifs is 2. The summed E-state index contributed by atoms with van der Waals surface area (Å²) in [7, 11) is 0. The van der Waals surface area contributed by atoms with Gasteiger partial charge in [-0.1, -0.05) is 12.1 Å². The van der Waals surface area contributed by atoms with Crippen molar-refractivity contribution < 1.29 is 0 Å². The molecule has 0 aliphatic heterocycles. The van der Waals surface area contributed by atoms with Gasteiger partial charge in [-0.2, -0.15) is 0 Å². The number of anilines is 1. The normalized spacial score (nSPS) is 15.1. The standard InChI is InChI=1S/C14H16N2/c1-9-6-7-11-13(8-9)16-12-5-3-2-4-10(12)14(11)15/h6-8H,2-5H2,1H3,(H2,15,16). The molecule has 1 aromatic carbocycles. The Morgan fingerprint density at radius 3 is 2.88 bits per heavy atom. The number of aromatic nitrogens is 1. The second-order valence-corrected chi connectivity index (χ2v) is 4.68. The zero-order valence-electron chi connectivity index (χ0n) is 9.59. The summed E-state index contributed by atoms with van der Waals surface area (Å²) in [5, 5.41) is 1.12. The highest BCUT2D eigenvalue weighted by Gasteiger charge is 2.15. The maximum Gasteiger partial charge on any atom is 0.0728 e. The number of benzene rings is 1. The minimum absolute atomic E-state index is 0.958. The molecule has 1 aliphatic rings. The topological polar surface area (TPSA) is 38.9 Å². The maximum absolute atomic E-state index is 6.25. The first kappa shape index (κ1) is 9.64. The lowest BCUT2D eigenvalue weighted by atomic mass is 9.93. The third-order valence-corrected chi connectivity index (χ3v) is 3.46. The lowest BCUT2D eigenvalue weighted by molar-refractivity contribution is 0.673. The molecule has 2 nitrogen and oxygen atoms in total. The van der Waals surface area contributed by atoms with Crippen LogP contribution in [-0.2, 0) is 12.8 Å². The third kappa shape index (κ3) is 1.37. The molecule has 2 aromatic rings. The van der Waals surface area contributed by atoms with Crippen molar-refractivity contribution in [2.45, 2.75) is 32.6 Å². The van der Waals surface area contributed by atoms with Crippen LogP contribution in [0.25, 0.3) is 10.9 Å². The molecule has 1 aromatic heterocycles. The fourth-order valence-electron chi connectivity index (χ4n) is 2.57. The zero-order valence-corrected chi connectivity index (χ0v) is 9.59. The van der Waals surface area contributed by atoms with Crippen LogP contribution in [0.2, 0.25) is 0 Å². The molecule has 0 saturated carbocycles. The lowest BCUT2D eigenvalue weighted by Crippen LogP contribution is -2.09. The van der Waals surface area contributed by atoms with Gasteiger partial charge >= 0.3 is 0 Å². The number of aryl methyl sites for hydroxylation is 2. The van der Waals surface area contributed by atoms with Gasteiger partial charge in [0.2, 0.25) is 0 Å². The van der Waals surface area contributed by atoms with Crippen LogP contribution in [0, 0.1) is 6.92 Å². The highest BCUT2D eigenvalue weighted by atomic mass is 14.7. The summed E-state index contributed by atoms with van der Waals surface area (Å²) in [6.45, 7) is 2.09. The first-order valence-corrected chi connectivity index (χ1v) is 5.93. The van der Waals surface area contributed by atoms with Crippen LogP contribution in [0.5, 0.6) is 0 Å². The Labute approximate surface area is 95.5 Å². The zero-order chi connectivity index (χ0) is 11.1. The average molecular weight is 212 g/mol. The van der Waals surface area contributed by atoms with Crippen molar-refractivity contribution in [2.75, 3.05) is 5.73 Å². The van der Waals surface area contributed by atoms with Crippen molar-refractivity contribution in [2.24, 2.45) is 0 Å². The molecule has 0 spiro atoms. The van der Waals surface area contributed by atoms with E-state index in [0.717, 1.165) is 29.4 Å². The minimum Gasteiger partial charge on any atom is -0.398 e. The number of pyridine rings is 1. The van der Waals surface area contributed by atoms with Gasteiger partial charge in [-0.25, -0.2) is 0 Å². The van der Waals surface area contributed by atoms with Gasteiger partial charge in [0.1, 0.15) is 0 Å². The predicted molar refractivity (Wildman–Crippen MR) is 67.5 cm³/mol. The Morgan fingerprint density at radius 2 is 2.00 bits per heavy atom. The van der Waals surface area contributed by atoms with E-state index in [1.54, 1.807) is 0 Å². The smallest absolute Gasteiger partial charge is 0.0728 e. The number of hydrogen-bond acceptors (Lipinski definition) is 2. The van der Waals surface area contributed by atoms with Crippen molar-refractivity contribution in [1.82, 2.24) is 4.98 Å². The number of nitrogen functional groups attached to an aromatic ring is 1. The van der Waals surface area contributed by atoms with Crippen LogP contribution in [0.15, 0.2) is 18.2 Å². The number of hydrogen-bond donors (Lipinski definition) is 1. The average Bonchev–Trinajstić information content (AvgIpc) is 2.29. The van der Waals surface area contributed by atoms with Crippen molar-refractivity contribution >= 4 is 16.6 Å². The van der Waals surface area contributed by atoms with Gasteiger partial charge < -0.3 is 5.73 Å². The fourth-order valence-corrected chi connectivity index (χ4v) is 2.57. The minimum atomic E-state index is 0.958. The van der Waals surface area contributed by atoms with E-state index >= 15 is 0 Å². The highest BCUT2D eigenvalue weighted by molar-refractivity contribution is 5.92. The molecule has 0 atom stereocenters. The lowest BCUT2D eigenvalue weighted by Gasteiger charge is -2.18. The Bertz CT molecular complexity index is 558. The molecule has 0 bridgehead atoms. The van der Waals surface area contributed by atoms with Crippen LogP contribution in [-0.4, -0.2) is 4.98 Å². The second-order valence-electron chi connectivity index (χ2n) is 4.68. The quantitative estimate of drug-likeness (QED) is 0.729. The Hall–Kier alpha value is -1.57. The monoisotopic (exact) mass is 212 g/mol. The molecular formula is C14H16N2. The van der Waals surface area contributed by atoms with Gasteiger partial charge in [0.25, 0.3) is 0 Å². The van der Waals surface area contributed by atoms with Gasteiger partial charge in [0.15, 0.2) is 0 Å². The Balaban J connectivity index is 2.34. The molecule has 1 heterocycles. The van der Waals surface area contributed by atoms with Gasteiger partial charge in [-0.3, -0.25) is 4.98 Å². The Morgan fingerprint density at radius 1 is 1.19 bits per heavy atom. The van der Waals surface area contributed by atoms with Gasteiger partial charge in [-0.15, -0.1) is 0 Å². The highest BCUT2D eigenvalue weighted by Crippen LogP contribution is 2.31. The molecule has 2 N–H and O–H groups in total. The van der Waals surface area contributed by atoms with E-state index in [2.05, 4.69) is 25.1 Å². The molecule has 16 heavy (non-hydrogen) atoms. The van der Waals surface area contributed by atoms with Crippen LogP contribution in [0.3, 0.4) is 0 Å². The summed E-state index contributed by atoms with van der Waals surface area (Å²) >= 11 is 0. The van der Waals surface area contributed by atoms with Crippen molar-refractivity contribution in [1.29, 1.82) is 0 Å². The first-order valence-electron chi connectivity index (χ1n) is 5.93. The molecule has 82 valence electrons. The molecule has 0 saturated heterocycles.